The number of aromatic nitrogens is 2. The average molecular weight is 256 g/mol. The van der Waals surface area contributed by atoms with Crippen molar-refractivity contribution in [2.24, 2.45) is 0 Å². The summed E-state index contributed by atoms with van der Waals surface area (Å²) in [5.41, 5.74) is 0.325. The largest absolute Gasteiger partial charge is 0.375 e. The zero-order chi connectivity index (χ0) is 12.3. The van der Waals surface area contributed by atoms with E-state index < -0.39 is 0 Å². The third-order valence-corrected chi connectivity index (χ3v) is 2.92. The van der Waals surface area contributed by atoms with Crippen molar-refractivity contribution in [2.45, 2.75) is 19.4 Å². The van der Waals surface area contributed by atoms with Crippen LogP contribution in [0.5, 0.6) is 0 Å². The highest BCUT2D eigenvalue weighted by Crippen LogP contribution is 2.11. The second-order valence-corrected chi connectivity index (χ2v) is 4.26. The van der Waals surface area contributed by atoms with Crippen molar-refractivity contribution in [2.75, 3.05) is 19.7 Å². The topological polar surface area (TPSA) is 55.3 Å². The molecule has 1 atom stereocenters. The molecule has 0 spiro atoms. The van der Waals surface area contributed by atoms with Crippen LogP contribution in [-0.2, 0) is 4.74 Å². The Labute approximate surface area is 105 Å². The summed E-state index contributed by atoms with van der Waals surface area (Å²) in [5.74, 6) is -0.115. The van der Waals surface area contributed by atoms with Crippen LogP contribution in [-0.4, -0.2) is 46.6 Å². The normalized spacial score (nSPS) is 20.4. The van der Waals surface area contributed by atoms with Gasteiger partial charge in [0.1, 0.15) is 10.8 Å². The minimum absolute atomic E-state index is 0.115. The van der Waals surface area contributed by atoms with Crippen LogP contribution in [0, 0.1) is 0 Å². The predicted octanol–water partition coefficient (Wildman–Crippen LogP) is 1.38. The van der Waals surface area contributed by atoms with Gasteiger partial charge in [0, 0.05) is 13.1 Å². The van der Waals surface area contributed by atoms with Gasteiger partial charge < -0.3 is 9.64 Å². The molecule has 1 unspecified atom stereocenters. The lowest BCUT2D eigenvalue weighted by Gasteiger charge is -2.32. The monoisotopic (exact) mass is 255 g/mol. The summed E-state index contributed by atoms with van der Waals surface area (Å²) in [6.07, 6.45) is 3.80. The van der Waals surface area contributed by atoms with Gasteiger partial charge in [-0.05, 0) is 6.42 Å². The summed E-state index contributed by atoms with van der Waals surface area (Å²) < 4.78 is 5.51. The first-order chi connectivity index (χ1) is 8.20. The van der Waals surface area contributed by atoms with E-state index in [0.717, 1.165) is 6.42 Å². The molecule has 0 aromatic carbocycles. The molecule has 0 N–H and O–H groups in total. The summed E-state index contributed by atoms with van der Waals surface area (Å²) in [6.45, 7) is 3.82. The molecule has 1 aliphatic heterocycles. The van der Waals surface area contributed by atoms with Crippen molar-refractivity contribution >= 4 is 17.5 Å². The third-order valence-electron chi connectivity index (χ3n) is 2.72. The second-order valence-electron chi connectivity index (χ2n) is 3.88. The lowest BCUT2D eigenvalue weighted by atomic mass is 10.2. The summed E-state index contributed by atoms with van der Waals surface area (Å²) in [6, 6.07) is 0. The number of hydrogen-bond donors (Lipinski definition) is 0. The van der Waals surface area contributed by atoms with Gasteiger partial charge in [-0.15, -0.1) is 0 Å². The van der Waals surface area contributed by atoms with E-state index >= 15 is 0 Å². The fraction of sp³-hybridized carbons (Fsp3) is 0.545. The lowest BCUT2D eigenvalue weighted by Crippen LogP contribution is -2.45. The Morgan fingerprint density at radius 2 is 2.41 bits per heavy atom. The molecule has 17 heavy (non-hydrogen) atoms. The molecule has 1 amide bonds. The van der Waals surface area contributed by atoms with Crippen molar-refractivity contribution in [3.8, 4) is 0 Å². The molecule has 1 aromatic heterocycles. The van der Waals surface area contributed by atoms with E-state index in [1.54, 1.807) is 4.90 Å². The fourth-order valence-corrected chi connectivity index (χ4v) is 1.83. The van der Waals surface area contributed by atoms with E-state index in [-0.39, 0.29) is 17.2 Å². The molecule has 0 bridgehead atoms. The number of nitrogens with zero attached hydrogens (tertiary/aromatic N) is 3. The average Bonchev–Trinajstić information content (AvgIpc) is 2.39. The number of rotatable bonds is 2. The standard InChI is InChI=1S/C11H14ClN3O2/c1-2-8-7-15(3-4-17-8)11(16)9-5-14-10(12)6-13-9/h5-6,8H,2-4,7H2,1H3. The molecule has 5 nitrogen and oxygen atoms in total. The maximum atomic E-state index is 12.1. The Morgan fingerprint density at radius 1 is 1.59 bits per heavy atom. The number of morpholine rings is 1. The molecule has 2 rings (SSSR count). The zero-order valence-electron chi connectivity index (χ0n) is 9.60. The van der Waals surface area contributed by atoms with Crippen molar-refractivity contribution in [1.29, 1.82) is 0 Å². The van der Waals surface area contributed by atoms with E-state index in [1.165, 1.54) is 12.4 Å². The zero-order valence-corrected chi connectivity index (χ0v) is 10.4. The van der Waals surface area contributed by atoms with Crippen LogP contribution in [0.3, 0.4) is 0 Å². The molecule has 6 heteroatoms. The van der Waals surface area contributed by atoms with Crippen LogP contribution >= 0.6 is 11.6 Å². The number of halogens is 1. The van der Waals surface area contributed by atoms with E-state index in [0.29, 0.717) is 25.4 Å². The molecule has 1 aliphatic rings. The number of ether oxygens (including phenoxy) is 1. The molecule has 1 aromatic rings. The van der Waals surface area contributed by atoms with Gasteiger partial charge in [-0.25, -0.2) is 9.97 Å². The Morgan fingerprint density at radius 3 is 3.06 bits per heavy atom. The predicted molar refractivity (Wildman–Crippen MR) is 63.0 cm³/mol. The van der Waals surface area contributed by atoms with E-state index in [9.17, 15) is 4.79 Å². The number of carbonyl (C=O) groups excluding carboxylic acids is 1. The van der Waals surface area contributed by atoms with Gasteiger partial charge in [0.2, 0.25) is 0 Å². The van der Waals surface area contributed by atoms with Gasteiger partial charge in [-0.2, -0.15) is 0 Å². The van der Waals surface area contributed by atoms with Crippen LogP contribution in [0.25, 0.3) is 0 Å². The van der Waals surface area contributed by atoms with Crippen LogP contribution in [0.4, 0.5) is 0 Å². The first-order valence-corrected chi connectivity index (χ1v) is 5.97. The van der Waals surface area contributed by atoms with Gasteiger partial charge in [-0.3, -0.25) is 4.79 Å². The van der Waals surface area contributed by atoms with Gasteiger partial charge in [-0.1, -0.05) is 18.5 Å². The van der Waals surface area contributed by atoms with Crippen molar-refractivity contribution in [3.63, 3.8) is 0 Å². The quantitative estimate of drug-likeness (QED) is 0.801. The van der Waals surface area contributed by atoms with Crippen LogP contribution in [0.15, 0.2) is 12.4 Å². The Bertz CT molecular complexity index is 396. The number of amides is 1. The molecule has 0 saturated carbocycles. The molecule has 1 fully saturated rings. The van der Waals surface area contributed by atoms with Crippen LogP contribution in [0.2, 0.25) is 5.15 Å². The summed E-state index contributed by atoms with van der Waals surface area (Å²) >= 11 is 5.63. The van der Waals surface area contributed by atoms with Crippen molar-refractivity contribution in [1.82, 2.24) is 14.9 Å². The highest BCUT2D eigenvalue weighted by atomic mass is 35.5. The Hall–Kier alpha value is -1.20. The summed E-state index contributed by atoms with van der Waals surface area (Å²) in [5, 5.41) is 0.287. The molecule has 0 aliphatic carbocycles. The Kier molecular flexibility index (Phi) is 3.91. The second kappa shape index (κ2) is 5.42. The fourth-order valence-electron chi connectivity index (χ4n) is 1.74. The number of hydrogen-bond acceptors (Lipinski definition) is 4. The van der Waals surface area contributed by atoms with Crippen molar-refractivity contribution in [3.05, 3.63) is 23.2 Å². The first kappa shape index (κ1) is 12.3. The summed E-state index contributed by atoms with van der Waals surface area (Å²) in [7, 11) is 0. The SMILES string of the molecule is CCC1CN(C(=O)c2cnc(Cl)cn2)CCO1. The molecule has 92 valence electrons. The smallest absolute Gasteiger partial charge is 0.274 e. The van der Waals surface area contributed by atoms with E-state index in [1.807, 2.05) is 6.92 Å². The van der Waals surface area contributed by atoms with Crippen LogP contribution < -0.4 is 0 Å². The molecular formula is C11H14ClN3O2. The Balaban J connectivity index is 2.06. The highest BCUT2D eigenvalue weighted by Gasteiger charge is 2.24. The first-order valence-electron chi connectivity index (χ1n) is 5.59. The van der Waals surface area contributed by atoms with Gasteiger partial charge >= 0.3 is 0 Å². The van der Waals surface area contributed by atoms with E-state index in [2.05, 4.69) is 9.97 Å². The highest BCUT2D eigenvalue weighted by molar-refractivity contribution is 6.29. The van der Waals surface area contributed by atoms with Crippen molar-refractivity contribution < 1.29 is 9.53 Å². The third kappa shape index (κ3) is 2.92. The van der Waals surface area contributed by atoms with Gasteiger partial charge in [0.15, 0.2) is 0 Å². The minimum atomic E-state index is -0.115. The molecule has 1 saturated heterocycles. The molecular weight excluding hydrogens is 242 g/mol. The maximum Gasteiger partial charge on any atom is 0.274 e. The maximum absolute atomic E-state index is 12.1. The van der Waals surface area contributed by atoms with Crippen LogP contribution in [0.1, 0.15) is 23.8 Å². The number of carbonyl (C=O) groups is 1. The molecule has 0 radical (unpaired) electrons. The van der Waals surface area contributed by atoms with Gasteiger partial charge in [0.05, 0.1) is 25.1 Å². The lowest BCUT2D eigenvalue weighted by molar-refractivity contribution is -0.0228. The van der Waals surface area contributed by atoms with E-state index in [4.69, 9.17) is 16.3 Å². The minimum Gasteiger partial charge on any atom is -0.375 e. The van der Waals surface area contributed by atoms with Gasteiger partial charge in [0.25, 0.3) is 5.91 Å². The molecule has 2 heterocycles. The summed E-state index contributed by atoms with van der Waals surface area (Å²) in [4.78, 5) is 21.7.